The number of ketones is 1. The standard InChI is InChI=1S/C29H39N4O4.2ClH/c1-20-32(18-22-12-13-25-27(28(22)34)23-10-6-7-11-24(23)31(25)2)16-17-33(20)19-36-29(35)37-26(14-15-30)21-8-4-3-5-9-21;;/h6-7,10-11,16-17,21-22,26H,3-5,8-9,12-15,18-19,30H2,1-2H3;2*1H/q+1;;/p-1. The van der Waals surface area contributed by atoms with Crippen molar-refractivity contribution >= 4 is 35.2 Å². The zero-order valence-corrected chi connectivity index (χ0v) is 24.4. The normalized spacial score (nSPS) is 18.1. The number of carbonyl (C=O) groups is 2. The highest BCUT2D eigenvalue weighted by molar-refractivity contribution is 6.11. The van der Waals surface area contributed by atoms with Crippen molar-refractivity contribution in [3.8, 4) is 0 Å². The molecule has 0 spiro atoms. The molecule has 1 saturated carbocycles. The van der Waals surface area contributed by atoms with Crippen LogP contribution in [-0.4, -0.2) is 33.7 Å². The van der Waals surface area contributed by atoms with Gasteiger partial charge in [-0.1, -0.05) is 37.5 Å². The van der Waals surface area contributed by atoms with E-state index in [4.69, 9.17) is 15.2 Å². The molecule has 2 N–H and O–H groups in total. The summed E-state index contributed by atoms with van der Waals surface area (Å²) in [6.45, 7) is 3.14. The highest BCUT2D eigenvalue weighted by Gasteiger charge is 2.34. The number of hydrogen-bond donors (Lipinski definition) is 1. The monoisotopic (exact) mass is 578 g/mol. The van der Waals surface area contributed by atoms with Crippen molar-refractivity contribution in [2.45, 2.75) is 77.7 Å². The molecular weight excluding hydrogens is 539 g/mol. The number of carbonyl (C=O) groups excluding carboxylic acids is 2. The maximum Gasteiger partial charge on any atom is 0.511 e. The number of aromatic nitrogens is 3. The van der Waals surface area contributed by atoms with Crippen LogP contribution in [0.5, 0.6) is 0 Å². The molecule has 10 heteroatoms. The summed E-state index contributed by atoms with van der Waals surface area (Å²) < 4.78 is 17.3. The summed E-state index contributed by atoms with van der Waals surface area (Å²) in [7, 11) is 2.05. The van der Waals surface area contributed by atoms with Crippen LogP contribution < -0.4 is 22.7 Å². The van der Waals surface area contributed by atoms with Crippen LogP contribution in [0.25, 0.3) is 10.9 Å². The van der Waals surface area contributed by atoms with E-state index in [0.717, 1.165) is 53.7 Å². The van der Waals surface area contributed by atoms with Crippen molar-refractivity contribution in [1.82, 2.24) is 9.13 Å². The predicted octanol–water partition coefficient (Wildman–Crippen LogP) is 1.86. The van der Waals surface area contributed by atoms with E-state index in [1.165, 1.54) is 19.3 Å². The number of Topliss-reactive ketones (excluding diaryl/α,β-unsaturated/α-hetero) is 1. The van der Waals surface area contributed by atoms with Crippen LogP contribution in [-0.2, 0) is 36.2 Å². The molecule has 1 fully saturated rings. The summed E-state index contributed by atoms with van der Waals surface area (Å²) in [5.74, 6) is 1.42. The Morgan fingerprint density at radius 1 is 1.18 bits per heavy atom. The summed E-state index contributed by atoms with van der Waals surface area (Å²) in [4.78, 5) is 26.0. The number of fused-ring (bicyclic) bond motifs is 3. The number of halogens is 2. The average Bonchev–Trinajstić information content (AvgIpc) is 3.41. The SMILES string of the molecule is Cc1n(CC2CCc3c(c4ccccc4n3C)C2=O)cc[n+]1COC(=O)OC(CCN)C1CCCCC1.Cl.[Cl-]. The van der Waals surface area contributed by atoms with Gasteiger partial charge in [0.05, 0.1) is 5.92 Å². The van der Waals surface area contributed by atoms with Gasteiger partial charge in [0, 0.05) is 36.1 Å². The molecule has 2 aromatic heterocycles. The number of ether oxygens (including phenoxy) is 2. The molecule has 8 nitrogen and oxygen atoms in total. The van der Waals surface area contributed by atoms with Gasteiger partial charge in [0.15, 0.2) is 5.78 Å². The lowest BCUT2D eigenvalue weighted by molar-refractivity contribution is -0.732. The number of nitrogens with zero attached hydrogens (tertiary/aromatic N) is 3. The van der Waals surface area contributed by atoms with Crippen LogP contribution in [0.2, 0.25) is 0 Å². The zero-order chi connectivity index (χ0) is 25.9. The van der Waals surface area contributed by atoms with Crippen molar-refractivity contribution < 1.29 is 36.0 Å². The Morgan fingerprint density at radius 2 is 1.92 bits per heavy atom. The van der Waals surface area contributed by atoms with E-state index < -0.39 is 6.16 Å². The predicted molar refractivity (Wildman–Crippen MR) is 147 cm³/mol. The van der Waals surface area contributed by atoms with Gasteiger partial charge in [0.25, 0.3) is 5.82 Å². The molecule has 5 rings (SSSR count). The first kappa shape index (κ1) is 31.0. The Balaban J connectivity index is 0.00000210. The van der Waals surface area contributed by atoms with Crippen molar-refractivity contribution in [2.75, 3.05) is 6.54 Å². The number of imidazole rings is 1. The van der Waals surface area contributed by atoms with E-state index in [-0.39, 0.29) is 49.4 Å². The Bertz CT molecular complexity index is 1280. The Hall–Kier alpha value is -2.55. The van der Waals surface area contributed by atoms with Gasteiger partial charge in [-0.2, -0.15) is 4.57 Å². The lowest BCUT2D eigenvalue weighted by atomic mass is 9.84. The van der Waals surface area contributed by atoms with Gasteiger partial charge in [-0.05, 0) is 50.6 Å². The summed E-state index contributed by atoms with van der Waals surface area (Å²) >= 11 is 0. The minimum absolute atomic E-state index is 0. The van der Waals surface area contributed by atoms with E-state index in [1.54, 1.807) is 0 Å². The fraction of sp³-hybridized carbons (Fsp3) is 0.552. The molecule has 3 aromatic rings. The molecular formula is C29H40Cl2N4O4. The number of benzene rings is 1. The maximum atomic E-state index is 13.5. The van der Waals surface area contributed by atoms with E-state index in [9.17, 15) is 9.59 Å². The smallest absolute Gasteiger partial charge is 0.511 e. The van der Waals surface area contributed by atoms with E-state index in [0.29, 0.717) is 25.4 Å². The van der Waals surface area contributed by atoms with Gasteiger partial charge in [0.2, 0.25) is 6.73 Å². The highest BCUT2D eigenvalue weighted by atomic mass is 35.5. The first-order chi connectivity index (χ1) is 18.0. The summed E-state index contributed by atoms with van der Waals surface area (Å²) in [5.41, 5.74) is 8.90. The van der Waals surface area contributed by atoms with Crippen molar-refractivity contribution in [3.05, 3.63) is 53.7 Å². The average molecular weight is 580 g/mol. The fourth-order valence-corrected chi connectivity index (χ4v) is 6.28. The van der Waals surface area contributed by atoms with Crippen LogP contribution in [0.4, 0.5) is 4.79 Å². The molecule has 0 aliphatic heterocycles. The highest BCUT2D eigenvalue weighted by Crippen LogP contribution is 2.34. The van der Waals surface area contributed by atoms with Gasteiger partial charge in [0.1, 0.15) is 25.0 Å². The molecule has 0 saturated heterocycles. The molecule has 214 valence electrons. The van der Waals surface area contributed by atoms with Crippen molar-refractivity contribution in [1.29, 1.82) is 0 Å². The van der Waals surface area contributed by atoms with Crippen LogP contribution in [0.1, 0.15) is 66.8 Å². The van der Waals surface area contributed by atoms with Crippen molar-refractivity contribution in [3.63, 3.8) is 0 Å². The second kappa shape index (κ2) is 13.7. The van der Waals surface area contributed by atoms with Crippen LogP contribution in [0.3, 0.4) is 0 Å². The maximum absolute atomic E-state index is 13.5. The first-order valence-electron chi connectivity index (χ1n) is 13.7. The molecule has 2 atom stereocenters. The fourth-order valence-electron chi connectivity index (χ4n) is 6.28. The lowest BCUT2D eigenvalue weighted by Gasteiger charge is -2.29. The number of nitrogens with two attached hydrogens (primary N) is 1. The van der Waals surface area contributed by atoms with Crippen molar-refractivity contribution in [2.24, 2.45) is 24.6 Å². The third kappa shape index (κ3) is 6.44. The van der Waals surface area contributed by atoms with E-state index in [2.05, 4.69) is 15.2 Å². The second-order valence-corrected chi connectivity index (χ2v) is 10.6. The van der Waals surface area contributed by atoms with Crippen LogP contribution in [0, 0.1) is 18.8 Å². The largest absolute Gasteiger partial charge is 1.00 e. The molecule has 2 aliphatic carbocycles. The Labute approximate surface area is 242 Å². The van der Waals surface area contributed by atoms with Gasteiger partial charge < -0.3 is 32.2 Å². The minimum Gasteiger partial charge on any atom is -1.00 e. The minimum atomic E-state index is -0.644. The summed E-state index contributed by atoms with van der Waals surface area (Å²) in [6.07, 6.45) is 11.2. The second-order valence-electron chi connectivity index (χ2n) is 10.6. The van der Waals surface area contributed by atoms with Gasteiger partial charge >= 0.3 is 6.16 Å². The number of rotatable bonds is 8. The number of hydrogen-bond acceptors (Lipinski definition) is 5. The molecule has 39 heavy (non-hydrogen) atoms. The molecule has 0 bridgehead atoms. The Morgan fingerprint density at radius 3 is 2.67 bits per heavy atom. The summed E-state index contributed by atoms with van der Waals surface area (Å²) in [5, 5.41) is 1.04. The van der Waals surface area contributed by atoms with Gasteiger partial charge in [-0.15, -0.1) is 12.4 Å². The summed E-state index contributed by atoms with van der Waals surface area (Å²) in [6, 6.07) is 8.14. The Kier molecular flexibility index (Phi) is 10.9. The molecule has 2 unspecified atom stereocenters. The van der Waals surface area contributed by atoms with Gasteiger partial charge in [-0.3, -0.25) is 4.79 Å². The molecule has 2 heterocycles. The zero-order valence-electron chi connectivity index (χ0n) is 22.8. The molecule has 0 amide bonds. The first-order valence-corrected chi connectivity index (χ1v) is 13.7. The third-order valence-electron chi connectivity index (χ3n) is 8.45. The van der Waals surface area contributed by atoms with Crippen LogP contribution in [0.15, 0.2) is 36.7 Å². The van der Waals surface area contributed by atoms with Crippen LogP contribution >= 0.6 is 12.4 Å². The molecule has 1 aromatic carbocycles. The van der Waals surface area contributed by atoms with Gasteiger partial charge in [-0.25, -0.2) is 9.36 Å². The topological polar surface area (TPSA) is 92.4 Å². The molecule has 0 radical (unpaired) electrons. The van der Waals surface area contributed by atoms with E-state index in [1.807, 2.05) is 49.1 Å². The molecule has 2 aliphatic rings. The number of para-hydroxylation sites is 1. The lowest BCUT2D eigenvalue weighted by Crippen LogP contribution is -3.00. The van der Waals surface area contributed by atoms with E-state index >= 15 is 0 Å². The quantitative estimate of drug-likeness (QED) is 0.325. The number of aryl methyl sites for hydroxylation is 1. The third-order valence-corrected chi connectivity index (χ3v) is 8.45.